The second-order valence-corrected chi connectivity index (χ2v) is 5.67. The van der Waals surface area contributed by atoms with Crippen LogP contribution in [0.15, 0.2) is 38.1 Å². The molecule has 0 fully saturated rings. The quantitative estimate of drug-likeness (QED) is 0.769. The highest BCUT2D eigenvalue weighted by atomic mass is 32.2. The lowest BCUT2D eigenvalue weighted by molar-refractivity contribution is 0.596. The van der Waals surface area contributed by atoms with Crippen LogP contribution < -0.4 is 16.9 Å². The summed E-state index contributed by atoms with van der Waals surface area (Å²) >= 11 is 1.21. The second kappa shape index (κ2) is 6.68. The number of rotatable bonds is 5. The molecule has 2 heterocycles. The van der Waals surface area contributed by atoms with Gasteiger partial charge in [0.05, 0.1) is 0 Å². The van der Waals surface area contributed by atoms with E-state index in [1.807, 2.05) is 19.1 Å². The van der Waals surface area contributed by atoms with Crippen molar-refractivity contribution < 1.29 is 0 Å². The van der Waals surface area contributed by atoms with E-state index in [0.29, 0.717) is 10.2 Å². The van der Waals surface area contributed by atoms with Crippen molar-refractivity contribution in [3.05, 3.63) is 44.6 Å². The SMILES string of the molecule is CCC(N)Cc1ccc(Sc2nc(=O)c(=O)[nH]n2C)nc1. The molecule has 0 radical (unpaired) electrons. The summed E-state index contributed by atoms with van der Waals surface area (Å²) in [4.78, 5) is 30.4. The highest BCUT2D eigenvalue weighted by Crippen LogP contribution is 2.22. The van der Waals surface area contributed by atoms with Crippen LogP contribution in [0, 0.1) is 0 Å². The minimum atomic E-state index is -0.805. The number of aromatic nitrogens is 4. The Bertz CT molecular complexity index is 723. The molecule has 3 N–H and O–H groups in total. The van der Waals surface area contributed by atoms with Gasteiger partial charge in [-0.2, -0.15) is 4.98 Å². The monoisotopic (exact) mass is 307 g/mol. The van der Waals surface area contributed by atoms with Gasteiger partial charge in [0.25, 0.3) is 0 Å². The molecule has 0 aliphatic carbocycles. The van der Waals surface area contributed by atoms with Gasteiger partial charge in [0.2, 0.25) is 0 Å². The number of pyridine rings is 1. The van der Waals surface area contributed by atoms with Gasteiger partial charge in [0.1, 0.15) is 5.03 Å². The van der Waals surface area contributed by atoms with Gasteiger partial charge in [-0.1, -0.05) is 13.0 Å². The van der Waals surface area contributed by atoms with E-state index in [9.17, 15) is 9.59 Å². The van der Waals surface area contributed by atoms with E-state index >= 15 is 0 Å². The van der Waals surface area contributed by atoms with Gasteiger partial charge in [0, 0.05) is 19.3 Å². The van der Waals surface area contributed by atoms with Crippen molar-refractivity contribution in [1.29, 1.82) is 0 Å². The highest BCUT2D eigenvalue weighted by molar-refractivity contribution is 7.99. The van der Waals surface area contributed by atoms with E-state index < -0.39 is 11.1 Å². The molecule has 2 aromatic heterocycles. The van der Waals surface area contributed by atoms with E-state index in [4.69, 9.17) is 5.73 Å². The van der Waals surface area contributed by atoms with Crippen molar-refractivity contribution in [2.45, 2.75) is 36.0 Å². The number of nitrogens with two attached hydrogens (primary N) is 1. The van der Waals surface area contributed by atoms with E-state index in [1.54, 1.807) is 13.2 Å². The Hall–Kier alpha value is -1.93. The van der Waals surface area contributed by atoms with Gasteiger partial charge in [-0.25, -0.2) is 4.98 Å². The van der Waals surface area contributed by atoms with Crippen LogP contribution in [0.5, 0.6) is 0 Å². The van der Waals surface area contributed by atoms with Crippen LogP contribution in [0.4, 0.5) is 0 Å². The Morgan fingerprint density at radius 1 is 1.43 bits per heavy atom. The molecule has 1 atom stereocenters. The van der Waals surface area contributed by atoms with Crippen molar-refractivity contribution >= 4 is 11.8 Å². The lowest BCUT2D eigenvalue weighted by Crippen LogP contribution is -2.33. The molecule has 2 rings (SSSR count). The van der Waals surface area contributed by atoms with Crippen LogP contribution in [0.3, 0.4) is 0 Å². The summed E-state index contributed by atoms with van der Waals surface area (Å²) in [5.41, 5.74) is 5.43. The number of hydrogen-bond acceptors (Lipinski definition) is 6. The molecule has 1 unspecified atom stereocenters. The first-order valence-corrected chi connectivity index (χ1v) is 7.37. The third kappa shape index (κ3) is 4.02. The molecular formula is C13H17N5O2S. The number of hydrogen-bond donors (Lipinski definition) is 2. The van der Waals surface area contributed by atoms with Crippen molar-refractivity contribution in [2.24, 2.45) is 12.8 Å². The number of aryl methyl sites for hydroxylation is 1. The zero-order valence-electron chi connectivity index (χ0n) is 11.9. The van der Waals surface area contributed by atoms with E-state index in [2.05, 4.69) is 15.1 Å². The second-order valence-electron chi connectivity index (χ2n) is 4.68. The molecular weight excluding hydrogens is 290 g/mol. The first-order chi connectivity index (χ1) is 9.99. The number of nitrogens with zero attached hydrogens (tertiary/aromatic N) is 3. The van der Waals surface area contributed by atoms with Gasteiger partial charge in [-0.05, 0) is 36.2 Å². The standard InChI is InChI=1S/C13H17N5O2S/c1-3-9(14)6-8-4-5-10(15-7-8)21-13-16-11(19)12(20)17-18(13)2/h4-5,7,9H,3,6,14H2,1-2H3,(H,17,20). The normalized spacial score (nSPS) is 12.3. The molecule has 0 aliphatic rings. The van der Waals surface area contributed by atoms with Gasteiger partial charge < -0.3 is 5.73 Å². The van der Waals surface area contributed by atoms with Gasteiger partial charge >= 0.3 is 11.1 Å². The molecule has 21 heavy (non-hydrogen) atoms. The maximum absolute atomic E-state index is 11.3. The molecule has 112 valence electrons. The van der Waals surface area contributed by atoms with Crippen LogP contribution in [-0.2, 0) is 13.5 Å². The zero-order valence-corrected chi connectivity index (χ0v) is 12.7. The van der Waals surface area contributed by atoms with Crippen molar-refractivity contribution in [1.82, 2.24) is 19.7 Å². The molecule has 0 bridgehead atoms. The number of aromatic amines is 1. The number of H-pyrrole nitrogens is 1. The number of nitrogens with one attached hydrogen (secondary N) is 1. The van der Waals surface area contributed by atoms with Gasteiger partial charge in [-0.15, -0.1) is 0 Å². The molecule has 0 spiro atoms. The summed E-state index contributed by atoms with van der Waals surface area (Å²) < 4.78 is 1.40. The summed E-state index contributed by atoms with van der Waals surface area (Å²) in [6, 6.07) is 3.93. The molecule has 0 amide bonds. The molecule has 0 aliphatic heterocycles. The molecule has 0 saturated heterocycles. The predicted molar refractivity (Wildman–Crippen MR) is 80.4 cm³/mol. The molecule has 0 saturated carbocycles. The summed E-state index contributed by atoms with van der Waals surface area (Å²) in [6.45, 7) is 2.05. The minimum Gasteiger partial charge on any atom is -0.327 e. The fourth-order valence-corrected chi connectivity index (χ4v) is 2.42. The van der Waals surface area contributed by atoms with Crippen molar-refractivity contribution in [3.63, 3.8) is 0 Å². The summed E-state index contributed by atoms with van der Waals surface area (Å²) in [6.07, 6.45) is 3.46. The zero-order chi connectivity index (χ0) is 15.4. The summed E-state index contributed by atoms with van der Waals surface area (Å²) in [7, 11) is 1.62. The molecule has 2 aromatic rings. The Labute approximate surface area is 125 Å². The van der Waals surface area contributed by atoms with Crippen LogP contribution in [0.1, 0.15) is 18.9 Å². The molecule has 0 aromatic carbocycles. The third-order valence-electron chi connectivity index (χ3n) is 2.96. The topological polar surface area (TPSA) is 107 Å². The fraction of sp³-hybridized carbons (Fsp3) is 0.385. The smallest absolute Gasteiger partial charge is 0.327 e. The lowest BCUT2D eigenvalue weighted by Gasteiger charge is -2.09. The van der Waals surface area contributed by atoms with E-state index in [1.165, 1.54) is 16.4 Å². The fourth-order valence-electron chi connectivity index (χ4n) is 1.68. The van der Waals surface area contributed by atoms with Crippen LogP contribution in [-0.4, -0.2) is 25.8 Å². The summed E-state index contributed by atoms with van der Waals surface area (Å²) in [5.74, 6) is 0. The Balaban J connectivity index is 2.15. The average Bonchev–Trinajstić information content (AvgIpc) is 2.46. The van der Waals surface area contributed by atoms with Gasteiger partial charge in [-0.3, -0.25) is 19.4 Å². The van der Waals surface area contributed by atoms with Crippen LogP contribution >= 0.6 is 11.8 Å². The predicted octanol–water partition coefficient (Wildman–Crippen LogP) is 0.295. The average molecular weight is 307 g/mol. The first kappa shape index (κ1) is 15.5. The summed E-state index contributed by atoms with van der Waals surface area (Å²) in [5, 5.41) is 3.47. The van der Waals surface area contributed by atoms with Crippen molar-refractivity contribution in [3.8, 4) is 0 Å². The van der Waals surface area contributed by atoms with Crippen molar-refractivity contribution in [2.75, 3.05) is 0 Å². The molecule has 7 nitrogen and oxygen atoms in total. The van der Waals surface area contributed by atoms with E-state index in [-0.39, 0.29) is 6.04 Å². The largest absolute Gasteiger partial charge is 0.339 e. The van der Waals surface area contributed by atoms with Crippen LogP contribution in [0.25, 0.3) is 0 Å². The maximum atomic E-state index is 11.3. The van der Waals surface area contributed by atoms with E-state index in [0.717, 1.165) is 18.4 Å². The van der Waals surface area contributed by atoms with Crippen LogP contribution in [0.2, 0.25) is 0 Å². The minimum absolute atomic E-state index is 0.131. The Morgan fingerprint density at radius 2 is 2.19 bits per heavy atom. The highest BCUT2D eigenvalue weighted by Gasteiger charge is 2.08. The lowest BCUT2D eigenvalue weighted by atomic mass is 10.1. The maximum Gasteiger partial charge on any atom is 0.339 e. The molecule has 8 heteroatoms. The Morgan fingerprint density at radius 3 is 2.81 bits per heavy atom. The van der Waals surface area contributed by atoms with Gasteiger partial charge in [0.15, 0.2) is 5.16 Å². The first-order valence-electron chi connectivity index (χ1n) is 6.55. The Kier molecular flexibility index (Phi) is 4.92. The third-order valence-corrected chi connectivity index (χ3v) is 3.96.